The molecular weight excluding hydrogens is 192 g/mol. The normalized spacial score (nSPS) is 9.27. The second-order valence-electron chi connectivity index (χ2n) is 3.29. The lowest BCUT2D eigenvalue weighted by Crippen LogP contribution is -1.80. The van der Waals surface area contributed by atoms with Crippen LogP contribution in [0.1, 0.15) is 40.5 Å². The molecule has 0 aliphatic heterocycles. The van der Waals surface area contributed by atoms with Gasteiger partial charge in [0.25, 0.3) is 0 Å². The van der Waals surface area contributed by atoms with Crippen LogP contribution in [0.15, 0.2) is 23.3 Å². The van der Waals surface area contributed by atoms with Gasteiger partial charge in [0.05, 0.1) is 6.61 Å². The Kier molecular flexibility index (Phi) is 20.3. The van der Waals surface area contributed by atoms with E-state index in [1.165, 1.54) is 18.1 Å². The minimum Gasteiger partial charge on any atom is -0.412 e. The molecule has 0 aromatic carbocycles. The highest BCUT2D eigenvalue weighted by atomic mass is 16.2. The number of aliphatic hydroxyl groups excluding tert-OH is 1. The Morgan fingerprint density at radius 3 is 2.00 bits per heavy atom. The van der Waals surface area contributed by atoms with E-state index in [9.17, 15) is 0 Å². The molecule has 0 aromatic heterocycles. The number of hydrogen-bond acceptors (Lipinski definition) is 2. The van der Waals surface area contributed by atoms with Crippen LogP contribution in [0.25, 0.3) is 0 Å². The summed E-state index contributed by atoms with van der Waals surface area (Å²) in [6.07, 6.45) is 6.98. The van der Waals surface area contributed by atoms with E-state index < -0.39 is 0 Å². The van der Waals surface area contributed by atoms with Crippen molar-refractivity contribution in [3.63, 3.8) is 0 Å². The largest absolute Gasteiger partial charge is 0.412 e. The van der Waals surface area contributed by atoms with Crippen LogP contribution < -0.4 is 0 Å². The fourth-order valence-electron chi connectivity index (χ4n) is 0.846. The first-order chi connectivity index (χ1) is 6.58. The molecule has 3 nitrogen and oxygen atoms in total. The van der Waals surface area contributed by atoms with Gasteiger partial charge >= 0.3 is 0 Å². The van der Waals surface area contributed by atoms with Crippen molar-refractivity contribution in [2.45, 2.75) is 40.5 Å². The van der Waals surface area contributed by atoms with Gasteiger partial charge in [0.1, 0.15) is 6.29 Å². The van der Waals surface area contributed by atoms with E-state index in [2.05, 4.69) is 26.8 Å². The molecule has 0 aromatic rings. The average Bonchev–Trinajstić information content (AvgIpc) is 2.05. The van der Waals surface area contributed by atoms with Crippen LogP contribution in [0.2, 0.25) is 0 Å². The highest BCUT2D eigenvalue weighted by Gasteiger charge is 1.86. The van der Waals surface area contributed by atoms with Gasteiger partial charge in [-0.15, -0.1) is 0 Å². The minimum absolute atomic E-state index is 0. The van der Waals surface area contributed by atoms with Gasteiger partial charge in [0.2, 0.25) is 0 Å². The van der Waals surface area contributed by atoms with Crippen LogP contribution in [-0.2, 0) is 4.79 Å². The molecular formula is C12H24O3. The molecule has 0 saturated heterocycles. The number of hydrogen-bond donors (Lipinski definition) is 1. The Labute approximate surface area is 92.8 Å². The van der Waals surface area contributed by atoms with Gasteiger partial charge in [0, 0.05) is 0 Å². The van der Waals surface area contributed by atoms with Crippen molar-refractivity contribution < 1.29 is 15.4 Å². The fourth-order valence-corrected chi connectivity index (χ4v) is 0.846. The van der Waals surface area contributed by atoms with E-state index in [1.807, 2.05) is 6.08 Å². The summed E-state index contributed by atoms with van der Waals surface area (Å²) in [6.45, 7) is 7.87. The van der Waals surface area contributed by atoms with Crippen molar-refractivity contribution in [2.75, 3.05) is 6.61 Å². The Morgan fingerprint density at radius 1 is 1.20 bits per heavy atom. The van der Waals surface area contributed by atoms with E-state index in [0.717, 1.165) is 19.1 Å². The maximum atomic E-state index is 8.81. The molecule has 0 fully saturated rings. The molecule has 0 unspecified atom stereocenters. The zero-order valence-electron chi connectivity index (χ0n) is 10.2. The summed E-state index contributed by atoms with van der Waals surface area (Å²) in [7, 11) is 0. The van der Waals surface area contributed by atoms with Crippen LogP contribution in [0.3, 0.4) is 0 Å². The van der Waals surface area contributed by atoms with Gasteiger partial charge in [-0.25, -0.2) is 0 Å². The first-order valence-corrected chi connectivity index (χ1v) is 4.88. The van der Waals surface area contributed by atoms with Gasteiger partial charge in [-0.1, -0.05) is 23.3 Å². The molecule has 3 N–H and O–H groups in total. The topological polar surface area (TPSA) is 68.8 Å². The first-order valence-electron chi connectivity index (χ1n) is 4.88. The Hall–Kier alpha value is -0.930. The summed E-state index contributed by atoms with van der Waals surface area (Å²) >= 11 is 0. The van der Waals surface area contributed by atoms with Gasteiger partial charge < -0.3 is 15.4 Å². The minimum atomic E-state index is 0. The molecule has 0 spiro atoms. The van der Waals surface area contributed by atoms with Crippen molar-refractivity contribution in [1.29, 1.82) is 0 Å². The number of carbonyl (C=O) groups is 1. The maximum Gasteiger partial charge on any atom is 0.116 e. The van der Waals surface area contributed by atoms with Gasteiger partial charge in [-0.2, -0.15) is 0 Å². The molecule has 0 aliphatic rings. The molecule has 0 aliphatic carbocycles. The molecule has 0 radical (unpaired) electrons. The van der Waals surface area contributed by atoms with E-state index in [4.69, 9.17) is 9.90 Å². The van der Waals surface area contributed by atoms with E-state index in [1.54, 1.807) is 0 Å². The molecule has 0 rings (SSSR count). The average molecular weight is 216 g/mol. The standard InChI is InChI=1S/C10H18O.C2H4O.H2O/c1-9(2)5-4-6-10(3)7-8-11;1-2-3;/h5,7,11H,4,6,8H2,1-3H3;2H,1H3;1H2/b10-7+;;. The molecule has 0 bridgehead atoms. The smallest absolute Gasteiger partial charge is 0.116 e. The lowest BCUT2D eigenvalue weighted by Gasteiger charge is -1.96. The third-order valence-corrected chi connectivity index (χ3v) is 1.53. The van der Waals surface area contributed by atoms with Gasteiger partial charge in [0.15, 0.2) is 0 Å². The Morgan fingerprint density at radius 2 is 1.67 bits per heavy atom. The third kappa shape index (κ3) is 24.6. The quantitative estimate of drug-likeness (QED) is 0.577. The second kappa shape index (κ2) is 15.5. The van der Waals surface area contributed by atoms with Crippen LogP contribution >= 0.6 is 0 Å². The van der Waals surface area contributed by atoms with E-state index in [-0.39, 0.29) is 12.1 Å². The summed E-state index contributed by atoms with van der Waals surface area (Å²) < 4.78 is 0. The summed E-state index contributed by atoms with van der Waals surface area (Å²) in [5.41, 5.74) is 2.63. The number of rotatable bonds is 4. The lowest BCUT2D eigenvalue weighted by atomic mass is 10.1. The zero-order valence-corrected chi connectivity index (χ0v) is 10.2. The Bertz CT molecular complexity index is 189. The van der Waals surface area contributed by atoms with Crippen molar-refractivity contribution >= 4 is 6.29 Å². The van der Waals surface area contributed by atoms with E-state index >= 15 is 0 Å². The van der Waals surface area contributed by atoms with Crippen LogP contribution in [0.5, 0.6) is 0 Å². The first kappa shape index (κ1) is 19.6. The predicted octanol–water partition coefficient (Wildman–Crippen LogP) is 2.05. The van der Waals surface area contributed by atoms with Gasteiger partial charge in [-0.3, -0.25) is 0 Å². The summed E-state index contributed by atoms with van der Waals surface area (Å²) in [5.74, 6) is 0. The maximum absolute atomic E-state index is 8.81. The summed E-state index contributed by atoms with van der Waals surface area (Å²) in [4.78, 5) is 8.81. The third-order valence-electron chi connectivity index (χ3n) is 1.53. The van der Waals surface area contributed by atoms with Crippen LogP contribution in [0, 0.1) is 0 Å². The lowest BCUT2D eigenvalue weighted by molar-refractivity contribution is -0.106. The number of aliphatic hydroxyl groups is 1. The van der Waals surface area contributed by atoms with E-state index in [0.29, 0.717) is 0 Å². The highest BCUT2D eigenvalue weighted by molar-refractivity contribution is 5.44. The molecule has 3 heteroatoms. The van der Waals surface area contributed by atoms with Crippen molar-refractivity contribution in [1.82, 2.24) is 0 Å². The van der Waals surface area contributed by atoms with Crippen molar-refractivity contribution in [3.8, 4) is 0 Å². The molecule has 0 amide bonds. The van der Waals surface area contributed by atoms with Crippen LogP contribution in [-0.4, -0.2) is 23.5 Å². The molecule has 90 valence electrons. The summed E-state index contributed by atoms with van der Waals surface area (Å²) in [6, 6.07) is 0. The number of allylic oxidation sites excluding steroid dienone is 3. The monoisotopic (exact) mass is 216 g/mol. The fraction of sp³-hybridized carbons (Fsp3) is 0.583. The summed E-state index contributed by atoms with van der Waals surface area (Å²) in [5, 5.41) is 8.55. The number of carbonyl (C=O) groups excluding carboxylic acids is 1. The molecule has 0 saturated carbocycles. The molecule has 15 heavy (non-hydrogen) atoms. The highest BCUT2D eigenvalue weighted by Crippen LogP contribution is 2.05. The molecule has 0 atom stereocenters. The number of aldehydes is 1. The van der Waals surface area contributed by atoms with Crippen molar-refractivity contribution in [2.24, 2.45) is 0 Å². The SMILES string of the molecule is CC(C)=CCC/C(C)=C/CO.CC=O.O. The van der Waals surface area contributed by atoms with Crippen molar-refractivity contribution in [3.05, 3.63) is 23.3 Å². The zero-order chi connectivity index (χ0) is 11.4. The molecule has 0 heterocycles. The Balaban J connectivity index is -0.000000320. The predicted molar refractivity (Wildman–Crippen MR) is 64.9 cm³/mol. The van der Waals surface area contributed by atoms with Gasteiger partial charge in [-0.05, 0) is 40.5 Å². The second-order valence-corrected chi connectivity index (χ2v) is 3.29. The van der Waals surface area contributed by atoms with Crippen LogP contribution in [0.4, 0.5) is 0 Å².